The van der Waals surface area contributed by atoms with Crippen molar-refractivity contribution in [3.8, 4) is 17.9 Å². The van der Waals surface area contributed by atoms with E-state index in [4.69, 9.17) is 5.73 Å². The van der Waals surface area contributed by atoms with E-state index in [0.29, 0.717) is 34.5 Å². The number of rotatable bonds is 4. The number of hydrogen-bond donors (Lipinski definition) is 2. The number of nitrogen functional groups attached to an aromatic ring is 1. The maximum Gasteiger partial charge on any atom is 0.255 e. The molecule has 8 heteroatoms. The van der Waals surface area contributed by atoms with Crippen LogP contribution in [0.2, 0.25) is 0 Å². The van der Waals surface area contributed by atoms with Crippen LogP contribution >= 0.6 is 0 Å². The number of nitrogens with two attached hydrogens (primary N) is 1. The van der Waals surface area contributed by atoms with Gasteiger partial charge in [0.1, 0.15) is 0 Å². The summed E-state index contributed by atoms with van der Waals surface area (Å²) in [6.45, 7) is 7.60. The van der Waals surface area contributed by atoms with Crippen LogP contribution in [0, 0.1) is 35.9 Å². The van der Waals surface area contributed by atoms with Crippen LogP contribution in [0.1, 0.15) is 52.9 Å². The van der Waals surface area contributed by atoms with E-state index in [2.05, 4.69) is 51.1 Å². The van der Waals surface area contributed by atoms with Crippen molar-refractivity contribution < 1.29 is 9.18 Å². The van der Waals surface area contributed by atoms with Crippen LogP contribution in [0.3, 0.4) is 0 Å². The van der Waals surface area contributed by atoms with Gasteiger partial charge in [-0.2, -0.15) is 5.26 Å². The topological polar surface area (TPSA) is 98.3 Å². The minimum Gasteiger partial charge on any atom is -0.381 e. The van der Waals surface area contributed by atoms with Gasteiger partial charge >= 0.3 is 0 Å². The Morgan fingerprint density at radius 1 is 1.15 bits per heavy atom. The lowest BCUT2D eigenvalue weighted by atomic mass is 9.85. The van der Waals surface area contributed by atoms with Gasteiger partial charge in [-0.1, -0.05) is 17.9 Å². The molecule has 0 radical (unpaired) electrons. The molecule has 2 bridgehead atoms. The van der Waals surface area contributed by atoms with Gasteiger partial charge < -0.3 is 16.0 Å². The summed E-state index contributed by atoms with van der Waals surface area (Å²) in [4.78, 5) is 21.9. The molecule has 0 unspecified atom stereocenters. The number of nitriles is 1. The molecule has 0 aliphatic carbocycles. The molecular weight excluding hydrogens is 491 g/mol. The second kappa shape index (κ2) is 10.1. The van der Waals surface area contributed by atoms with E-state index in [1.165, 1.54) is 12.3 Å². The van der Waals surface area contributed by atoms with Crippen molar-refractivity contribution in [1.29, 1.82) is 5.26 Å². The van der Waals surface area contributed by atoms with E-state index in [1.807, 2.05) is 39.0 Å². The largest absolute Gasteiger partial charge is 0.381 e. The van der Waals surface area contributed by atoms with Crippen molar-refractivity contribution in [3.05, 3.63) is 82.3 Å². The number of anilines is 3. The third kappa shape index (κ3) is 5.30. The Kier molecular flexibility index (Phi) is 6.76. The van der Waals surface area contributed by atoms with Gasteiger partial charge in [0.25, 0.3) is 5.91 Å². The normalized spacial score (nSPS) is 18.4. The van der Waals surface area contributed by atoms with E-state index in [0.717, 1.165) is 36.3 Å². The van der Waals surface area contributed by atoms with Gasteiger partial charge in [-0.25, -0.2) is 9.37 Å². The Bertz CT molecular complexity index is 1560. The first-order chi connectivity index (χ1) is 18.5. The van der Waals surface area contributed by atoms with E-state index < -0.39 is 11.2 Å². The number of nitrogens with zero attached hydrogens (tertiary/aromatic N) is 4. The number of benzene rings is 2. The second-order valence-electron chi connectivity index (χ2n) is 11.0. The quantitative estimate of drug-likeness (QED) is 0.491. The smallest absolute Gasteiger partial charge is 0.255 e. The number of likely N-dealkylation sites (tertiary alicyclic amines) is 1. The summed E-state index contributed by atoms with van der Waals surface area (Å²) in [7, 11) is 2.16. The molecule has 2 atom stereocenters. The van der Waals surface area contributed by atoms with Gasteiger partial charge in [-0.05, 0) is 81.8 Å². The third-order valence-corrected chi connectivity index (χ3v) is 7.73. The highest BCUT2D eigenvalue weighted by Crippen LogP contribution is 2.37. The van der Waals surface area contributed by atoms with Crippen molar-refractivity contribution in [2.24, 2.45) is 0 Å². The molecule has 2 aromatic carbocycles. The highest BCUT2D eigenvalue weighted by molar-refractivity contribution is 6.05. The number of amides is 1. The van der Waals surface area contributed by atoms with E-state index >= 15 is 0 Å². The lowest BCUT2D eigenvalue weighted by molar-refractivity contribution is 0.102. The molecule has 2 aliphatic rings. The van der Waals surface area contributed by atoms with Gasteiger partial charge in [-0.15, -0.1) is 0 Å². The number of hydrogen-bond acceptors (Lipinski definition) is 6. The number of likely N-dealkylation sites (N-methyl/N-ethyl adjacent to an activating group) is 1. The zero-order valence-corrected chi connectivity index (χ0v) is 22.5. The van der Waals surface area contributed by atoms with Crippen LogP contribution in [0.15, 0.2) is 48.7 Å². The SMILES string of the molecule is Cc1ccc(C(=O)Nc2cc(N3C[C@@H]4C[C@H]3CN4C)cc(C(C)(C)C#N)c2)cc1C#Cc1cnc(N)c(F)c1. The Balaban J connectivity index is 1.42. The lowest BCUT2D eigenvalue weighted by Crippen LogP contribution is -2.44. The summed E-state index contributed by atoms with van der Waals surface area (Å²) < 4.78 is 13.7. The van der Waals surface area contributed by atoms with Crippen molar-refractivity contribution in [2.45, 2.75) is 44.7 Å². The monoisotopic (exact) mass is 522 g/mol. The molecule has 5 rings (SSSR count). The highest BCUT2D eigenvalue weighted by atomic mass is 19.1. The molecule has 3 heterocycles. The van der Waals surface area contributed by atoms with Crippen molar-refractivity contribution in [3.63, 3.8) is 0 Å². The van der Waals surface area contributed by atoms with Crippen molar-refractivity contribution in [2.75, 3.05) is 36.1 Å². The number of piperazine rings is 1. The Labute approximate surface area is 228 Å². The number of halogens is 1. The van der Waals surface area contributed by atoms with Crippen LogP contribution in [0.4, 0.5) is 21.6 Å². The second-order valence-corrected chi connectivity index (χ2v) is 11.0. The summed E-state index contributed by atoms with van der Waals surface area (Å²) in [6.07, 6.45) is 2.53. The first-order valence-electron chi connectivity index (χ1n) is 12.9. The predicted molar refractivity (Wildman–Crippen MR) is 151 cm³/mol. The van der Waals surface area contributed by atoms with Crippen LogP contribution in [0.5, 0.6) is 0 Å². The summed E-state index contributed by atoms with van der Waals surface area (Å²) in [6, 6.07) is 15.8. The zero-order valence-electron chi connectivity index (χ0n) is 22.5. The molecule has 1 amide bonds. The number of nitrogens with one attached hydrogen (secondary N) is 1. The first kappa shape index (κ1) is 26.2. The van der Waals surface area contributed by atoms with Crippen molar-refractivity contribution in [1.82, 2.24) is 9.88 Å². The van der Waals surface area contributed by atoms with Gasteiger partial charge in [0, 0.05) is 59.4 Å². The molecule has 3 aromatic rings. The maximum absolute atomic E-state index is 13.7. The van der Waals surface area contributed by atoms with Gasteiger partial charge in [0.05, 0.1) is 11.5 Å². The summed E-state index contributed by atoms with van der Waals surface area (Å²) in [5.41, 5.74) is 9.62. The van der Waals surface area contributed by atoms with Crippen molar-refractivity contribution >= 4 is 23.1 Å². The van der Waals surface area contributed by atoms with Gasteiger partial charge in [-0.3, -0.25) is 9.69 Å². The van der Waals surface area contributed by atoms with Crippen LogP contribution in [-0.2, 0) is 5.41 Å². The first-order valence-corrected chi connectivity index (χ1v) is 12.9. The minimum atomic E-state index is -0.714. The van der Waals surface area contributed by atoms with E-state index in [1.54, 1.807) is 12.1 Å². The average Bonchev–Trinajstić information content (AvgIpc) is 3.49. The third-order valence-electron chi connectivity index (χ3n) is 7.73. The summed E-state index contributed by atoms with van der Waals surface area (Å²) >= 11 is 0. The zero-order chi connectivity index (χ0) is 27.9. The minimum absolute atomic E-state index is 0.176. The Morgan fingerprint density at radius 3 is 2.62 bits per heavy atom. The Morgan fingerprint density at radius 2 is 1.95 bits per heavy atom. The number of carbonyl (C=O) groups excluding carboxylic acids is 1. The Hall–Kier alpha value is -4.40. The summed E-state index contributed by atoms with van der Waals surface area (Å²) in [5, 5.41) is 12.8. The van der Waals surface area contributed by atoms with Crippen LogP contribution in [-0.4, -0.2) is 48.0 Å². The average molecular weight is 523 g/mol. The lowest BCUT2D eigenvalue weighted by Gasteiger charge is -2.34. The summed E-state index contributed by atoms with van der Waals surface area (Å²) in [5.74, 6) is 4.83. The number of aryl methyl sites for hydroxylation is 1. The highest BCUT2D eigenvalue weighted by Gasteiger charge is 2.41. The number of aromatic nitrogens is 1. The molecular formula is C31H31FN6O. The molecule has 2 aliphatic heterocycles. The molecule has 198 valence electrons. The molecule has 1 aromatic heterocycles. The molecule has 39 heavy (non-hydrogen) atoms. The standard InChI is InChI=1S/C31H31FN6O/c1-19-5-7-22(10-21(19)8-6-20-9-28(32)29(34)35-15-20)30(39)36-24-11-23(31(2,3)18-33)12-25(13-24)38-17-26-14-27(38)16-37(26)4/h5,7,9-13,15,26-27H,14,16-17H2,1-4H3,(H2,34,35)(H,36,39)/t26-,27-/m0/s1. The molecule has 2 fully saturated rings. The van der Waals surface area contributed by atoms with Crippen LogP contribution in [0.25, 0.3) is 0 Å². The number of carbonyl (C=O) groups is 1. The van der Waals surface area contributed by atoms with Gasteiger partial charge in [0.2, 0.25) is 0 Å². The van der Waals surface area contributed by atoms with Gasteiger partial charge in [0.15, 0.2) is 11.6 Å². The number of fused-ring (bicyclic) bond motifs is 2. The molecule has 0 saturated carbocycles. The fourth-order valence-corrected chi connectivity index (χ4v) is 5.21. The molecule has 3 N–H and O–H groups in total. The van der Waals surface area contributed by atoms with E-state index in [9.17, 15) is 14.4 Å². The fraction of sp³-hybridized carbons (Fsp3) is 0.323. The number of pyridine rings is 1. The molecule has 2 saturated heterocycles. The fourth-order valence-electron chi connectivity index (χ4n) is 5.21. The molecule has 7 nitrogen and oxygen atoms in total. The van der Waals surface area contributed by atoms with E-state index in [-0.39, 0.29) is 11.7 Å². The maximum atomic E-state index is 13.7. The van der Waals surface area contributed by atoms with Crippen LogP contribution < -0.4 is 16.0 Å². The predicted octanol–water partition coefficient (Wildman–Crippen LogP) is 4.46. The molecule has 0 spiro atoms.